The average Bonchev–Trinajstić information content (AvgIpc) is 2.84. The van der Waals surface area contributed by atoms with Crippen LogP contribution in [0.15, 0.2) is 72.8 Å². The van der Waals surface area contributed by atoms with Crippen molar-refractivity contribution in [2.75, 3.05) is 5.32 Å². The van der Waals surface area contributed by atoms with E-state index in [1.807, 2.05) is 13.8 Å². The largest absolute Gasteiger partial charge is 0.324 e. The molecule has 4 heteroatoms. The van der Waals surface area contributed by atoms with Crippen LogP contribution in [0.4, 0.5) is 11.6 Å². The molecule has 4 nitrogen and oxygen atoms in total. The topological polar surface area (TPSA) is 50.7 Å². The molecule has 35 heavy (non-hydrogen) atoms. The lowest BCUT2D eigenvalue weighted by Crippen LogP contribution is -2.21. The molecule has 4 aromatic rings. The zero-order valence-corrected chi connectivity index (χ0v) is 22.0. The van der Waals surface area contributed by atoms with E-state index in [9.17, 15) is 0 Å². The fraction of sp³-hybridized carbons (Fsp3) is 0.323. The van der Waals surface area contributed by atoms with Crippen molar-refractivity contribution >= 4 is 11.6 Å². The number of rotatable bonds is 7. The smallest absolute Gasteiger partial charge is 0.230 e. The molecule has 0 radical (unpaired) electrons. The van der Waals surface area contributed by atoms with Crippen molar-refractivity contribution in [2.24, 2.45) is 0 Å². The molecule has 180 valence electrons. The first-order valence-electron chi connectivity index (χ1n) is 12.4. The number of benzene rings is 3. The molecule has 1 heterocycles. The van der Waals surface area contributed by atoms with Gasteiger partial charge in [0, 0.05) is 16.5 Å². The van der Waals surface area contributed by atoms with Crippen LogP contribution in [0, 0.1) is 13.8 Å². The van der Waals surface area contributed by atoms with Gasteiger partial charge in [-0.2, -0.15) is 9.97 Å². The first kappa shape index (κ1) is 24.6. The fourth-order valence-corrected chi connectivity index (χ4v) is 4.56. The average molecular weight is 465 g/mol. The maximum atomic E-state index is 4.37. The fourth-order valence-electron chi connectivity index (χ4n) is 4.56. The lowest BCUT2D eigenvalue weighted by molar-refractivity contribution is 0.626. The lowest BCUT2D eigenvalue weighted by atomic mass is 9.74. The molecule has 0 saturated heterocycles. The van der Waals surface area contributed by atoms with Gasteiger partial charge in [-0.3, -0.25) is 0 Å². The third kappa shape index (κ3) is 5.27. The van der Waals surface area contributed by atoms with Gasteiger partial charge in [0.05, 0.1) is 0 Å². The van der Waals surface area contributed by atoms with E-state index in [1.165, 1.54) is 27.8 Å². The maximum absolute atomic E-state index is 4.37. The zero-order chi connectivity index (χ0) is 25.2. The summed E-state index contributed by atoms with van der Waals surface area (Å²) in [7, 11) is 0. The third-order valence-corrected chi connectivity index (χ3v) is 7.13. The van der Waals surface area contributed by atoms with Crippen molar-refractivity contribution in [1.82, 2.24) is 15.0 Å². The second-order valence-electron chi connectivity index (χ2n) is 10.3. The molecule has 0 atom stereocenters. The normalized spacial score (nSPS) is 12.0. The Hall–Kier alpha value is -3.53. The van der Waals surface area contributed by atoms with E-state index in [1.54, 1.807) is 0 Å². The van der Waals surface area contributed by atoms with Gasteiger partial charge in [-0.15, -0.1) is 0 Å². The molecule has 0 saturated carbocycles. The molecular formula is C31H36N4. The number of aryl methyl sites for hydroxylation is 3. The molecule has 0 unspecified atom stereocenters. The molecule has 3 aromatic carbocycles. The molecule has 0 aliphatic heterocycles. The van der Waals surface area contributed by atoms with Crippen LogP contribution in [0.25, 0.3) is 0 Å². The standard InChI is InChI=1S/C31H36N4/c1-8-23-9-11-24(12-10-23)30(4,5)25-13-15-26(16-14-25)31(6,7)27-17-19-28(20-18-27)35-29-33-21(2)32-22(3)34-29/h9-20H,8H2,1-7H3,(H,32,33,34,35). The van der Waals surface area contributed by atoms with Gasteiger partial charge in [0.25, 0.3) is 0 Å². The van der Waals surface area contributed by atoms with Crippen LogP contribution in [0.3, 0.4) is 0 Å². The second-order valence-corrected chi connectivity index (χ2v) is 10.3. The van der Waals surface area contributed by atoms with Crippen molar-refractivity contribution in [3.05, 3.63) is 112 Å². The highest BCUT2D eigenvalue weighted by atomic mass is 15.2. The highest BCUT2D eigenvalue weighted by molar-refractivity contribution is 5.55. The Morgan fingerprint density at radius 3 is 1.34 bits per heavy atom. The van der Waals surface area contributed by atoms with E-state index in [0.29, 0.717) is 17.6 Å². The van der Waals surface area contributed by atoms with Crippen LogP contribution >= 0.6 is 0 Å². The van der Waals surface area contributed by atoms with Crippen LogP contribution < -0.4 is 5.32 Å². The number of hydrogen-bond acceptors (Lipinski definition) is 4. The zero-order valence-electron chi connectivity index (χ0n) is 22.0. The van der Waals surface area contributed by atoms with Gasteiger partial charge >= 0.3 is 0 Å². The first-order chi connectivity index (χ1) is 16.6. The van der Waals surface area contributed by atoms with Gasteiger partial charge in [-0.1, -0.05) is 95.3 Å². The van der Waals surface area contributed by atoms with Gasteiger partial charge in [0.15, 0.2) is 0 Å². The summed E-state index contributed by atoms with van der Waals surface area (Å²) >= 11 is 0. The van der Waals surface area contributed by atoms with Crippen LogP contribution in [0.1, 0.15) is 74.1 Å². The summed E-state index contributed by atoms with van der Waals surface area (Å²) < 4.78 is 0. The Morgan fingerprint density at radius 2 is 0.943 bits per heavy atom. The molecule has 0 bridgehead atoms. The summed E-state index contributed by atoms with van der Waals surface area (Å²) in [5.74, 6) is 1.99. The van der Waals surface area contributed by atoms with E-state index in [2.05, 4.69) is 128 Å². The van der Waals surface area contributed by atoms with Gasteiger partial charge in [-0.25, -0.2) is 4.98 Å². The molecule has 1 aromatic heterocycles. The summed E-state index contributed by atoms with van der Waals surface area (Å²) in [6.45, 7) is 15.1. The Labute approximate surface area is 209 Å². The summed E-state index contributed by atoms with van der Waals surface area (Å²) in [5, 5.41) is 3.29. The van der Waals surface area contributed by atoms with E-state index in [-0.39, 0.29) is 10.8 Å². The molecule has 0 aliphatic rings. The predicted molar refractivity (Wildman–Crippen MR) is 146 cm³/mol. The van der Waals surface area contributed by atoms with Gasteiger partial charge < -0.3 is 5.32 Å². The van der Waals surface area contributed by atoms with Crippen molar-refractivity contribution in [2.45, 2.75) is 65.7 Å². The molecule has 4 rings (SSSR count). The monoisotopic (exact) mass is 464 g/mol. The minimum Gasteiger partial charge on any atom is -0.324 e. The summed E-state index contributed by atoms with van der Waals surface area (Å²) in [6, 6.07) is 26.7. The number of nitrogens with one attached hydrogen (secondary N) is 1. The van der Waals surface area contributed by atoms with E-state index in [4.69, 9.17) is 0 Å². The quantitative estimate of drug-likeness (QED) is 0.309. The Morgan fingerprint density at radius 1 is 0.571 bits per heavy atom. The molecule has 0 aliphatic carbocycles. The summed E-state index contributed by atoms with van der Waals surface area (Å²) in [5.41, 5.74) is 7.38. The Bertz CT molecular complexity index is 1270. The van der Waals surface area contributed by atoms with Gasteiger partial charge in [0.1, 0.15) is 11.6 Å². The highest BCUT2D eigenvalue weighted by Gasteiger charge is 2.26. The second kappa shape index (κ2) is 9.61. The molecule has 0 fully saturated rings. The molecule has 1 N–H and O–H groups in total. The van der Waals surface area contributed by atoms with Crippen molar-refractivity contribution in [1.29, 1.82) is 0 Å². The molecule has 0 amide bonds. The van der Waals surface area contributed by atoms with Gasteiger partial charge in [-0.05, 0) is 60.2 Å². The summed E-state index contributed by atoms with van der Waals surface area (Å²) in [4.78, 5) is 13.0. The predicted octanol–water partition coefficient (Wildman–Crippen LogP) is 7.45. The van der Waals surface area contributed by atoms with E-state index in [0.717, 1.165) is 12.1 Å². The lowest BCUT2D eigenvalue weighted by Gasteiger charge is -2.29. The summed E-state index contributed by atoms with van der Waals surface area (Å²) in [6.07, 6.45) is 1.07. The number of hydrogen-bond donors (Lipinski definition) is 1. The van der Waals surface area contributed by atoms with Crippen molar-refractivity contribution in [3.8, 4) is 0 Å². The maximum Gasteiger partial charge on any atom is 0.230 e. The number of aromatic nitrogens is 3. The number of nitrogens with zero attached hydrogens (tertiary/aromatic N) is 3. The van der Waals surface area contributed by atoms with E-state index >= 15 is 0 Å². The van der Waals surface area contributed by atoms with Crippen LogP contribution in [0.2, 0.25) is 0 Å². The van der Waals surface area contributed by atoms with Crippen LogP contribution in [0.5, 0.6) is 0 Å². The van der Waals surface area contributed by atoms with Crippen LogP contribution in [-0.4, -0.2) is 15.0 Å². The highest BCUT2D eigenvalue weighted by Crippen LogP contribution is 2.36. The van der Waals surface area contributed by atoms with Crippen molar-refractivity contribution < 1.29 is 0 Å². The molecule has 0 spiro atoms. The minimum absolute atomic E-state index is 0.0476. The van der Waals surface area contributed by atoms with Gasteiger partial charge in [0.2, 0.25) is 5.95 Å². The van der Waals surface area contributed by atoms with Crippen molar-refractivity contribution in [3.63, 3.8) is 0 Å². The van der Waals surface area contributed by atoms with E-state index < -0.39 is 0 Å². The SMILES string of the molecule is CCc1ccc(C(C)(C)c2ccc(C(C)(C)c3ccc(Nc4nc(C)nc(C)n4)cc3)cc2)cc1. The number of anilines is 2. The Balaban J connectivity index is 1.53. The Kier molecular flexibility index (Phi) is 6.75. The van der Waals surface area contributed by atoms with Crippen LogP contribution in [-0.2, 0) is 17.3 Å². The first-order valence-corrected chi connectivity index (χ1v) is 12.4. The third-order valence-electron chi connectivity index (χ3n) is 7.13. The molecular weight excluding hydrogens is 428 g/mol. The minimum atomic E-state index is -0.121.